The van der Waals surface area contributed by atoms with Gasteiger partial charge in [0, 0.05) is 21.7 Å². The summed E-state index contributed by atoms with van der Waals surface area (Å²) in [5.74, 6) is 0. The normalized spacial score (nSPS) is 11.5. The lowest BCUT2D eigenvalue weighted by Gasteiger charge is -2.07. The monoisotopic (exact) mass is 383 g/mol. The molecular weight excluding hydrogens is 370 g/mol. The van der Waals surface area contributed by atoms with Gasteiger partial charge in [0.15, 0.2) is 0 Å². The highest BCUT2D eigenvalue weighted by atomic mass is 32.2. The Kier molecular flexibility index (Phi) is 4.10. The molecule has 2 aromatic heterocycles. The van der Waals surface area contributed by atoms with E-state index in [1.807, 2.05) is 30.3 Å². The average Bonchev–Trinajstić information content (AvgIpc) is 3.09. The first-order valence-corrected chi connectivity index (χ1v) is 10.1. The van der Waals surface area contributed by atoms with Crippen LogP contribution >= 0.6 is 11.3 Å². The van der Waals surface area contributed by atoms with Gasteiger partial charge in [-0.2, -0.15) is 0 Å². The average molecular weight is 383 g/mol. The molecule has 4 rings (SSSR count). The summed E-state index contributed by atoms with van der Waals surface area (Å²) in [5, 5.41) is 2.31. The van der Waals surface area contributed by atoms with Crippen molar-refractivity contribution in [3.63, 3.8) is 0 Å². The lowest BCUT2D eigenvalue weighted by Crippen LogP contribution is -2.12. The van der Waals surface area contributed by atoms with Crippen molar-refractivity contribution in [3.05, 3.63) is 82.5 Å². The van der Waals surface area contributed by atoms with Gasteiger partial charge in [0.1, 0.15) is 5.58 Å². The number of thiophene rings is 1. The second-order valence-corrected chi connectivity index (χ2v) is 8.22. The van der Waals surface area contributed by atoms with Gasteiger partial charge in [-0.1, -0.05) is 30.3 Å². The summed E-state index contributed by atoms with van der Waals surface area (Å²) >= 11 is 1.47. The zero-order valence-corrected chi connectivity index (χ0v) is 15.0. The molecular formula is C19H13NO4S2. The van der Waals surface area contributed by atoms with Gasteiger partial charge in [-0.15, -0.1) is 11.3 Å². The van der Waals surface area contributed by atoms with E-state index < -0.39 is 15.6 Å². The van der Waals surface area contributed by atoms with Gasteiger partial charge in [-0.05, 0) is 35.9 Å². The molecule has 0 radical (unpaired) electrons. The van der Waals surface area contributed by atoms with Crippen molar-refractivity contribution < 1.29 is 12.8 Å². The standard InChI is InChI=1S/C19H13NO4S2/c21-19-9-6-14-10-16(7-8-17(14)24-19)26(22,23)20-15-11-18(25-12-15)13-4-2-1-3-5-13/h1-12,20H. The van der Waals surface area contributed by atoms with Crippen molar-refractivity contribution in [1.29, 1.82) is 0 Å². The number of hydrogen-bond donors (Lipinski definition) is 1. The number of sulfonamides is 1. The SMILES string of the molecule is O=c1ccc2cc(S(=O)(=O)Nc3csc(-c4ccccc4)c3)ccc2o1. The van der Waals surface area contributed by atoms with Gasteiger partial charge >= 0.3 is 5.63 Å². The van der Waals surface area contributed by atoms with E-state index in [0.717, 1.165) is 10.4 Å². The molecule has 1 N–H and O–H groups in total. The smallest absolute Gasteiger partial charge is 0.336 e. The van der Waals surface area contributed by atoms with Gasteiger partial charge in [0.05, 0.1) is 10.6 Å². The van der Waals surface area contributed by atoms with Crippen LogP contribution in [0.2, 0.25) is 0 Å². The van der Waals surface area contributed by atoms with Crippen LogP contribution in [0.1, 0.15) is 0 Å². The van der Waals surface area contributed by atoms with Gasteiger partial charge in [-0.25, -0.2) is 13.2 Å². The number of hydrogen-bond acceptors (Lipinski definition) is 5. The molecule has 26 heavy (non-hydrogen) atoms. The highest BCUT2D eigenvalue weighted by Gasteiger charge is 2.16. The Morgan fingerprint density at radius 2 is 1.73 bits per heavy atom. The van der Waals surface area contributed by atoms with Crippen molar-refractivity contribution in [2.75, 3.05) is 4.72 Å². The molecule has 0 amide bonds. The quantitative estimate of drug-likeness (QED) is 0.533. The minimum absolute atomic E-state index is 0.103. The fraction of sp³-hybridized carbons (Fsp3) is 0. The third-order valence-corrected chi connectivity index (χ3v) is 6.17. The maximum atomic E-state index is 12.7. The van der Waals surface area contributed by atoms with Gasteiger partial charge in [0.25, 0.3) is 10.0 Å². The molecule has 0 aliphatic carbocycles. The Morgan fingerprint density at radius 3 is 2.54 bits per heavy atom. The number of fused-ring (bicyclic) bond motifs is 1. The number of anilines is 1. The van der Waals surface area contributed by atoms with Crippen LogP contribution in [0.15, 0.2) is 86.2 Å². The van der Waals surface area contributed by atoms with Crippen LogP contribution in [0.4, 0.5) is 5.69 Å². The summed E-state index contributed by atoms with van der Waals surface area (Å²) < 4.78 is 32.9. The Balaban J connectivity index is 1.64. The van der Waals surface area contributed by atoms with Crippen LogP contribution in [0, 0.1) is 0 Å². The van der Waals surface area contributed by atoms with Crippen molar-refractivity contribution >= 4 is 38.0 Å². The first-order valence-electron chi connectivity index (χ1n) is 7.72. The summed E-state index contributed by atoms with van der Waals surface area (Å²) in [6, 6.07) is 18.7. The minimum Gasteiger partial charge on any atom is -0.423 e. The van der Waals surface area contributed by atoms with E-state index in [4.69, 9.17) is 4.42 Å². The van der Waals surface area contributed by atoms with E-state index in [9.17, 15) is 13.2 Å². The Morgan fingerprint density at radius 1 is 0.923 bits per heavy atom. The molecule has 0 aliphatic heterocycles. The molecule has 0 bridgehead atoms. The molecule has 2 heterocycles. The van der Waals surface area contributed by atoms with Crippen LogP contribution in [-0.4, -0.2) is 8.42 Å². The highest BCUT2D eigenvalue weighted by molar-refractivity contribution is 7.92. The maximum Gasteiger partial charge on any atom is 0.336 e. The molecule has 0 atom stereocenters. The summed E-state index contributed by atoms with van der Waals surface area (Å²) in [7, 11) is -3.75. The number of nitrogens with one attached hydrogen (secondary N) is 1. The van der Waals surface area contributed by atoms with Crippen LogP contribution in [-0.2, 0) is 10.0 Å². The molecule has 0 aliphatic rings. The maximum absolute atomic E-state index is 12.7. The molecule has 0 saturated carbocycles. The summed E-state index contributed by atoms with van der Waals surface area (Å²) in [4.78, 5) is 12.3. The molecule has 0 fully saturated rings. The largest absolute Gasteiger partial charge is 0.423 e. The minimum atomic E-state index is -3.75. The molecule has 4 aromatic rings. The Hall–Kier alpha value is -2.90. The zero-order valence-electron chi connectivity index (χ0n) is 13.4. The molecule has 5 nitrogen and oxygen atoms in total. The number of rotatable bonds is 4. The summed E-state index contributed by atoms with van der Waals surface area (Å²) in [6.07, 6.45) is 0. The molecule has 2 aromatic carbocycles. The highest BCUT2D eigenvalue weighted by Crippen LogP contribution is 2.31. The van der Waals surface area contributed by atoms with Crippen LogP contribution in [0.3, 0.4) is 0 Å². The molecule has 7 heteroatoms. The molecule has 0 unspecified atom stereocenters. The van der Waals surface area contributed by atoms with E-state index in [1.165, 1.54) is 41.7 Å². The van der Waals surface area contributed by atoms with Crippen LogP contribution in [0.5, 0.6) is 0 Å². The van der Waals surface area contributed by atoms with Gasteiger partial charge < -0.3 is 4.42 Å². The van der Waals surface area contributed by atoms with Crippen LogP contribution in [0.25, 0.3) is 21.4 Å². The Labute approximate surface area is 153 Å². The fourth-order valence-corrected chi connectivity index (χ4v) is 4.57. The predicted octanol–water partition coefficient (Wildman–Crippen LogP) is 4.32. The summed E-state index contributed by atoms with van der Waals surface area (Å²) in [6.45, 7) is 0. The van der Waals surface area contributed by atoms with E-state index >= 15 is 0 Å². The zero-order chi connectivity index (χ0) is 18.1. The summed E-state index contributed by atoms with van der Waals surface area (Å²) in [5.41, 5.74) is 1.41. The van der Waals surface area contributed by atoms with Crippen molar-refractivity contribution in [3.8, 4) is 10.4 Å². The van der Waals surface area contributed by atoms with Gasteiger partial charge in [0.2, 0.25) is 0 Å². The van der Waals surface area contributed by atoms with E-state index in [0.29, 0.717) is 16.7 Å². The lowest BCUT2D eigenvalue weighted by molar-refractivity contribution is 0.560. The predicted molar refractivity (Wildman–Crippen MR) is 103 cm³/mol. The van der Waals surface area contributed by atoms with Crippen molar-refractivity contribution in [2.45, 2.75) is 4.90 Å². The second-order valence-electron chi connectivity index (χ2n) is 5.63. The second kappa shape index (κ2) is 6.44. The third kappa shape index (κ3) is 3.26. The third-order valence-electron chi connectivity index (χ3n) is 3.81. The van der Waals surface area contributed by atoms with Crippen LogP contribution < -0.4 is 10.3 Å². The lowest BCUT2D eigenvalue weighted by atomic mass is 10.2. The van der Waals surface area contributed by atoms with Crippen molar-refractivity contribution in [1.82, 2.24) is 0 Å². The van der Waals surface area contributed by atoms with E-state index in [1.54, 1.807) is 11.4 Å². The van der Waals surface area contributed by atoms with Crippen molar-refractivity contribution in [2.24, 2.45) is 0 Å². The molecule has 0 spiro atoms. The first-order chi connectivity index (χ1) is 12.5. The van der Waals surface area contributed by atoms with E-state index in [-0.39, 0.29) is 4.90 Å². The molecule has 130 valence electrons. The topological polar surface area (TPSA) is 76.4 Å². The van der Waals surface area contributed by atoms with Gasteiger partial charge in [-0.3, -0.25) is 4.72 Å². The Bertz CT molecular complexity index is 1240. The first kappa shape index (κ1) is 16.6. The van der Waals surface area contributed by atoms with E-state index in [2.05, 4.69) is 4.72 Å². The molecule has 0 saturated heterocycles. The fourth-order valence-electron chi connectivity index (χ4n) is 2.57. The number of benzene rings is 2.